The van der Waals surface area contributed by atoms with Crippen LogP contribution in [0.15, 0.2) is 30.8 Å². The van der Waals surface area contributed by atoms with E-state index in [0.717, 1.165) is 53.4 Å². The number of hydrogen-bond acceptors (Lipinski definition) is 6. The van der Waals surface area contributed by atoms with Crippen LogP contribution in [0.4, 0.5) is 0 Å². The molecule has 2 atom stereocenters. The molecule has 11 heteroatoms. The first kappa shape index (κ1) is 48.1. The number of Topliss-reactive ketones (excluding diaryl/α,β-unsaturated/α-hetero) is 1. The Morgan fingerprint density at radius 1 is 0.667 bits per heavy atom. The summed E-state index contributed by atoms with van der Waals surface area (Å²) in [6.45, 7) is 18.6. The molecule has 0 spiro atoms. The van der Waals surface area contributed by atoms with Crippen LogP contribution in [0, 0.1) is 24.7 Å². The van der Waals surface area contributed by atoms with Gasteiger partial charge in [-0.3, -0.25) is 14.4 Å². The Morgan fingerprint density at radius 2 is 1.18 bits per heavy atom. The number of carbonyl (C=O) groups excluding carboxylic acids is 1. The van der Waals surface area contributed by atoms with Gasteiger partial charge in [0.1, 0.15) is 0 Å². The Balaban J connectivity index is 0.00000794. The van der Waals surface area contributed by atoms with Crippen LogP contribution in [0.2, 0.25) is 0 Å². The molecule has 0 saturated heterocycles. The van der Waals surface area contributed by atoms with Gasteiger partial charge in [-0.1, -0.05) is 121 Å². The van der Waals surface area contributed by atoms with Gasteiger partial charge in [-0.15, -0.1) is 22.1 Å². The third kappa shape index (κ3) is 11.8. The molecule has 0 fully saturated rings. The number of rotatable bonds is 21. The predicted octanol–water partition coefficient (Wildman–Crippen LogP) is 10.8. The van der Waals surface area contributed by atoms with E-state index in [2.05, 4.69) is 34.3 Å². The van der Waals surface area contributed by atoms with Crippen LogP contribution in [0.3, 0.4) is 0 Å². The summed E-state index contributed by atoms with van der Waals surface area (Å²) < 4.78 is 0. The SMILES string of the molecule is C=Cc1c(C)c2cc3nc(cc4[n-]c(cc5nc(cc1[n-]2)C(C)=C5CCC(=O)O)c(CCC(=O)O)c4CO)C(C)=C3C(=O)CCC[C@@H](C)CCC[C@H](C)CCCC(C)C.[Fe+2]. The molecule has 5 heterocycles. The minimum absolute atomic E-state index is 0. The first-order valence-corrected chi connectivity index (χ1v) is 21.4. The van der Waals surface area contributed by atoms with E-state index in [-0.39, 0.29) is 48.5 Å². The Hall–Kier alpha value is -4.57. The van der Waals surface area contributed by atoms with Gasteiger partial charge in [0.05, 0.1) is 29.4 Å². The second-order valence-corrected chi connectivity index (χ2v) is 17.1. The van der Waals surface area contributed by atoms with Gasteiger partial charge in [0.25, 0.3) is 0 Å². The molecule has 2 aliphatic rings. The summed E-state index contributed by atoms with van der Waals surface area (Å²) in [7, 11) is 0. The minimum atomic E-state index is -0.991. The molecule has 0 radical (unpaired) electrons. The van der Waals surface area contributed by atoms with Crippen LogP contribution in [0.5, 0.6) is 0 Å². The number of nitrogens with zero attached hydrogens (tertiary/aromatic N) is 4. The molecule has 60 heavy (non-hydrogen) atoms. The molecule has 0 aromatic carbocycles. The van der Waals surface area contributed by atoms with Gasteiger partial charge in [0.2, 0.25) is 0 Å². The number of aliphatic hydroxyl groups is 1. The van der Waals surface area contributed by atoms with Crippen molar-refractivity contribution in [2.75, 3.05) is 0 Å². The fourth-order valence-corrected chi connectivity index (χ4v) is 8.47. The van der Waals surface area contributed by atoms with Crippen molar-refractivity contribution in [2.45, 2.75) is 139 Å². The topological polar surface area (TPSA) is 166 Å². The molecule has 0 amide bonds. The zero-order valence-electron chi connectivity index (χ0n) is 36.4. The molecule has 0 aliphatic carbocycles. The van der Waals surface area contributed by atoms with Crippen molar-refractivity contribution in [2.24, 2.45) is 17.8 Å². The van der Waals surface area contributed by atoms with Crippen molar-refractivity contribution >= 4 is 68.2 Å². The number of hydrogen-bond donors (Lipinski definition) is 3. The maximum atomic E-state index is 14.2. The van der Waals surface area contributed by atoms with Crippen LogP contribution >= 0.6 is 0 Å². The maximum Gasteiger partial charge on any atom is 2.00 e. The summed E-state index contributed by atoms with van der Waals surface area (Å²) in [6, 6.07) is 7.22. The molecule has 3 aromatic heterocycles. The first-order valence-electron chi connectivity index (χ1n) is 21.4. The van der Waals surface area contributed by atoms with E-state index < -0.39 is 18.5 Å². The number of aryl methyl sites for hydroxylation is 2. The molecular weight excluding hydrogens is 796 g/mol. The zero-order valence-corrected chi connectivity index (χ0v) is 37.5. The Bertz CT molecular complexity index is 2310. The number of carbonyl (C=O) groups is 3. The van der Waals surface area contributed by atoms with Crippen LogP contribution in [0.1, 0.15) is 164 Å². The standard InChI is InChI=1S/C49H64N4O6.Fe/c1-9-34-31(6)39-25-45-49(46(55)18-12-17-30(5)16-11-15-29(4)14-10-13-28(2)3)33(8)40(52-45)24-44-37(27-54)36(20-22-48(58)59)43(53-44)26-42-35(19-21-47(56)57)32(7)38(51-42)23-41(34)50-39;/h9,23-26,28-30,54H,1,10-22,27H2,2-8H3,(H4,50,51,52,53,55,56,57,58,59);/q;+2/p-2/t29-,30+;/m1./s1. The number of carboxylic acid groups (broad SMARTS) is 2. The molecule has 0 saturated carbocycles. The minimum Gasteiger partial charge on any atom is -0.657 e. The van der Waals surface area contributed by atoms with Crippen molar-refractivity contribution < 1.29 is 46.8 Å². The number of ketones is 1. The van der Waals surface area contributed by atoms with E-state index in [0.29, 0.717) is 79.5 Å². The number of aliphatic carboxylic acids is 2. The van der Waals surface area contributed by atoms with E-state index >= 15 is 0 Å². The summed E-state index contributed by atoms with van der Waals surface area (Å²) >= 11 is 0. The van der Waals surface area contributed by atoms with E-state index in [1.54, 1.807) is 18.2 Å². The number of carboxylic acids is 2. The largest absolute Gasteiger partial charge is 2.00 e. The molecule has 3 N–H and O–H groups in total. The molecule has 0 unspecified atom stereocenters. The number of aromatic nitrogens is 4. The summed E-state index contributed by atoms with van der Waals surface area (Å²) in [6.07, 6.45) is 11.4. The molecule has 5 rings (SSSR count). The van der Waals surface area contributed by atoms with Crippen molar-refractivity contribution in [1.82, 2.24) is 19.9 Å². The normalized spacial score (nSPS) is 13.8. The Labute approximate surface area is 365 Å². The van der Waals surface area contributed by atoms with Crippen molar-refractivity contribution in [1.29, 1.82) is 0 Å². The predicted molar refractivity (Wildman–Crippen MR) is 237 cm³/mol. The quantitative estimate of drug-likeness (QED) is 0.0878. The fraction of sp³-hybridized carbons (Fsp3) is 0.490. The van der Waals surface area contributed by atoms with Crippen molar-refractivity contribution in [3.05, 3.63) is 75.9 Å². The molecule has 8 bridgehead atoms. The second-order valence-electron chi connectivity index (χ2n) is 17.1. The Kier molecular flexibility index (Phi) is 17.5. The number of allylic oxidation sites excluding steroid dienone is 4. The monoisotopic (exact) mass is 858 g/mol. The van der Waals surface area contributed by atoms with Gasteiger partial charge in [0, 0.05) is 24.8 Å². The average molecular weight is 859 g/mol. The van der Waals surface area contributed by atoms with Crippen LogP contribution < -0.4 is 9.97 Å². The molecule has 3 aromatic rings. The van der Waals surface area contributed by atoms with Gasteiger partial charge >= 0.3 is 29.0 Å². The maximum absolute atomic E-state index is 14.2. The van der Waals surface area contributed by atoms with E-state index in [1.807, 2.05) is 32.9 Å². The van der Waals surface area contributed by atoms with Gasteiger partial charge in [-0.2, -0.15) is 0 Å². The number of aliphatic hydroxyl groups excluding tert-OH is 1. The summed E-state index contributed by atoms with van der Waals surface area (Å²) in [5.41, 5.74) is 9.76. The average Bonchev–Trinajstić information content (AvgIpc) is 3.85. The van der Waals surface area contributed by atoms with E-state index in [9.17, 15) is 29.7 Å². The molecule has 10 nitrogen and oxygen atoms in total. The fourth-order valence-electron chi connectivity index (χ4n) is 8.47. The zero-order chi connectivity index (χ0) is 43.0. The smallest absolute Gasteiger partial charge is 0.657 e. The van der Waals surface area contributed by atoms with E-state index in [1.165, 1.54) is 32.1 Å². The van der Waals surface area contributed by atoms with Crippen LogP contribution in [-0.4, -0.2) is 43.0 Å². The first-order chi connectivity index (χ1) is 28.1. The van der Waals surface area contributed by atoms with Gasteiger partial charge in [-0.05, 0) is 85.6 Å². The number of fused-ring (bicyclic) bond motifs is 8. The molecule has 322 valence electrons. The van der Waals surface area contributed by atoms with Crippen LogP contribution in [0.25, 0.3) is 50.4 Å². The Morgan fingerprint density at radius 3 is 1.80 bits per heavy atom. The third-order valence-electron chi connectivity index (χ3n) is 12.1. The summed E-state index contributed by atoms with van der Waals surface area (Å²) in [4.78, 5) is 57.6. The summed E-state index contributed by atoms with van der Waals surface area (Å²) in [5.74, 6) is 0.102. The van der Waals surface area contributed by atoms with Gasteiger partial charge < -0.3 is 25.3 Å². The van der Waals surface area contributed by atoms with Gasteiger partial charge in [0.15, 0.2) is 5.78 Å². The van der Waals surface area contributed by atoms with E-state index in [4.69, 9.17) is 19.9 Å². The van der Waals surface area contributed by atoms with Crippen molar-refractivity contribution in [3.63, 3.8) is 0 Å². The third-order valence-corrected chi connectivity index (χ3v) is 12.1. The summed E-state index contributed by atoms with van der Waals surface area (Å²) in [5, 5.41) is 29.9. The molecule has 2 aliphatic heterocycles. The van der Waals surface area contributed by atoms with Gasteiger partial charge in [-0.25, -0.2) is 9.97 Å². The van der Waals surface area contributed by atoms with Crippen molar-refractivity contribution in [3.8, 4) is 0 Å². The van der Waals surface area contributed by atoms with Crippen LogP contribution in [-0.2, 0) is 44.5 Å². The molecular formula is C49H62FeN4O6. The second kappa shape index (κ2) is 21.8.